The van der Waals surface area contributed by atoms with E-state index in [1.807, 2.05) is 55.5 Å². The van der Waals surface area contributed by atoms with Gasteiger partial charge in [0.25, 0.3) is 0 Å². The Bertz CT molecular complexity index is 981. The van der Waals surface area contributed by atoms with Gasteiger partial charge in [0.05, 0.1) is 25.2 Å². The van der Waals surface area contributed by atoms with Crippen molar-refractivity contribution in [2.45, 2.75) is 25.9 Å². The molecular formula is C23H27NO5S. The van der Waals surface area contributed by atoms with Gasteiger partial charge in [-0.1, -0.05) is 24.3 Å². The standard InChI is InChI=1S/C23H27NO5S/c1-3-29-22-11-6-19(7-12-22)16-24(20-14-15-30(26,27)17-20)23(25)13-8-18-4-9-21(28-2)10-5-18/h4-13,20H,3,14-17H2,1-2H3/b13-8+. The largest absolute Gasteiger partial charge is 0.497 e. The minimum Gasteiger partial charge on any atom is -0.497 e. The third-order valence-corrected chi connectivity index (χ3v) is 6.80. The molecule has 1 aliphatic rings. The Morgan fingerprint density at radius 2 is 1.77 bits per heavy atom. The number of ether oxygens (including phenoxy) is 2. The van der Waals surface area contributed by atoms with E-state index in [2.05, 4.69) is 0 Å². The summed E-state index contributed by atoms with van der Waals surface area (Å²) in [5, 5.41) is 0. The molecule has 7 heteroatoms. The minimum absolute atomic E-state index is 0.00610. The third kappa shape index (κ3) is 5.86. The van der Waals surface area contributed by atoms with Crippen molar-refractivity contribution in [3.05, 3.63) is 65.7 Å². The highest BCUT2D eigenvalue weighted by Crippen LogP contribution is 2.22. The second kappa shape index (κ2) is 9.80. The van der Waals surface area contributed by atoms with Gasteiger partial charge in [0.2, 0.25) is 5.91 Å². The predicted molar refractivity (Wildman–Crippen MR) is 117 cm³/mol. The van der Waals surface area contributed by atoms with E-state index < -0.39 is 9.84 Å². The molecule has 1 unspecified atom stereocenters. The van der Waals surface area contributed by atoms with Crippen molar-refractivity contribution in [2.24, 2.45) is 0 Å². The summed E-state index contributed by atoms with van der Waals surface area (Å²) in [4.78, 5) is 14.7. The van der Waals surface area contributed by atoms with Crippen molar-refractivity contribution in [3.8, 4) is 11.5 Å². The van der Waals surface area contributed by atoms with Gasteiger partial charge in [-0.2, -0.15) is 0 Å². The molecule has 6 nitrogen and oxygen atoms in total. The van der Waals surface area contributed by atoms with Crippen LogP contribution in [0.3, 0.4) is 0 Å². The van der Waals surface area contributed by atoms with Crippen molar-refractivity contribution in [1.29, 1.82) is 0 Å². The fourth-order valence-electron chi connectivity index (χ4n) is 3.44. The highest BCUT2D eigenvalue weighted by molar-refractivity contribution is 7.91. The van der Waals surface area contributed by atoms with Crippen molar-refractivity contribution >= 4 is 21.8 Å². The highest BCUT2D eigenvalue weighted by Gasteiger charge is 2.34. The molecule has 2 aromatic rings. The van der Waals surface area contributed by atoms with Crippen LogP contribution in [0.25, 0.3) is 6.08 Å². The third-order valence-electron chi connectivity index (χ3n) is 5.05. The van der Waals surface area contributed by atoms with E-state index in [1.165, 1.54) is 6.08 Å². The minimum atomic E-state index is -3.11. The molecule has 1 amide bonds. The maximum absolute atomic E-state index is 13.0. The smallest absolute Gasteiger partial charge is 0.247 e. The first-order valence-corrected chi connectivity index (χ1v) is 11.8. The highest BCUT2D eigenvalue weighted by atomic mass is 32.2. The van der Waals surface area contributed by atoms with Gasteiger partial charge in [0, 0.05) is 18.7 Å². The molecule has 1 atom stereocenters. The molecular weight excluding hydrogens is 402 g/mol. The summed E-state index contributed by atoms with van der Waals surface area (Å²) in [6.07, 6.45) is 3.69. The fraction of sp³-hybridized carbons (Fsp3) is 0.348. The second-order valence-corrected chi connectivity index (χ2v) is 9.44. The summed E-state index contributed by atoms with van der Waals surface area (Å²) >= 11 is 0. The maximum Gasteiger partial charge on any atom is 0.247 e. The number of carbonyl (C=O) groups excluding carboxylic acids is 1. The quantitative estimate of drug-likeness (QED) is 0.602. The van der Waals surface area contributed by atoms with Crippen LogP contribution >= 0.6 is 0 Å². The Balaban J connectivity index is 1.77. The number of rotatable bonds is 8. The van der Waals surface area contributed by atoms with Crippen molar-refractivity contribution in [1.82, 2.24) is 4.90 Å². The Morgan fingerprint density at radius 3 is 2.33 bits per heavy atom. The molecule has 1 fully saturated rings. The topological polar surface area (TPSA) is 72.9 Å². The van der Waals surface area contributed by atoms with Crippen LogP contribution in [0.5, 0.6) is 11.5 Å². The van der Waals surface area contributed by atoms with Gasteiger partial charge in [-0.3, -0.25) is 4.79 Å². The second-order valence-electron chi connectivity index (χ2n) is 7.21. The van der Waals surface area contributed by atoms with Gasteiger partial charge >= 0.3 is 0 Å². The van der Waals surface area contributed by atoms with Crippen LogP contribution in [-0.2, 0) is 21.2 Å². The lowest BCUT2D eigenvalue weighted by Gasteiger charge is -2.27. The van der Waals surface area contributed by atoms with Crippen molar-refractivity contribution < 1.29 is 22.7 Å². The Labute approximate surface area is 178 Å². The number of hydrogen-bond donors (Lipinski definition) is 0. The van der Waals surface area contributed by atoms with Crippen LogP contribution in [0.15, 0.2) is 54.6 Å². The molecule has 0 aliphatic carbocycles. The number of sulfone groups is 1. The normalized spacial score (nSPS) is 17.7. The molecule has 0 N–H and O–H groups in total. The number of benzene rings is 2. The molecule has 1 aliphatic heterocycles. The summed E-state index contributed by atoms with van der Waals surface area (Å²) in [6.45, 7) is 2.85. The molecule has 0 radical (unpaired) electrons. The van der Waals surface area contributed by atoms with Crippen molar-refractivity contribution in [3.63, 3.8) is 0 Å². The van der Waals surface area contributed by atoms with E-state index >= 15 is 0 Å². The number of hydrogen-bond acceptors (Lipinski definition) is 5. The van der Waals surface area contributed by atoms with Crippen molar-refractivity contribution in [2.75, 3.05) is 25.2 Å². The lowest BCUT2D eigenvalue weighted by atomic mass is 10.1. The average Bonchev–Trinajstić information content (AvgIpc) is 3.11. The molecule has 1 saturated heterocycles. The SMILES string of the molecule is CCOc1ccc(CN(C(=O)/C=C/c2ccc(OC)cc2)C2CCS(=O)(=O)C2)cc1. The van der Waals surface area contributed by atoms with E-state index in [0.717, 1.165) is 22.6 Å². The predicted octanol–water partition coefficient (Wildman–Crippen LogP) is 3.32. The Morgan fingerprint density at radius 1 is 1.10 bits per heavy atom. The Hall–Kier alpha value is -2.80. The molecule has 1 heterocycles. The summed E-state index contributed by atoms with van der Waals surface area (Å²) in [6, 6.07) is 14.6. The molecule has 30 heavy (non-hydrogen) atoms. The molecule has 3 rings (SSSR count). The summed E-state index contributed by atoms with van der Waals surface area (Å²) in [5.74, 6) is 1.43. The summed E-state index contributed by atoms with van der Waals surface area (Å²) in [5.41, 5.74) is 1.79. The molecule has 0 aromatic heterocycles. The van der Waals surface area contributed by atoms with Crippen LogP contribution in [0, 0.1) is 0 Å². The lowest BCUT2D eigenvalue weighted by Crippen LogP contribution is -2.39. The molecule has 0 spiro atoms. The lowest BCUT2D eigenvalue weighted by molar-refractivity contribution is -0.128. The maximum atomic E-state index is 13.0. The molecule has 0 bridgehead atoms. The number of nitrogens with zero attached hydrogens (tertiary/aromatic N) is 1. The van der Waals surface area contributed by atoms with Gasteiger partial charge in [0.1, 0.15) is 11.5 Å². The van der Waals surface area contributed by atoms with Crippen LogP contribution in [0.1, 0.15) is 24.5 Å². The first kappa shape index (κ1) is 21.9. The summed E-state index contributed by atoms with van der Waals surface area (Å²) in [7, 11) is -1.51. The number of methoxy groups -OCH3 is 1. The van der Waals surface area contributed by atoms with Gasteiger partial charge < -0.3 is 14.4 Å². The van der Waals surface area contributed by atoms with E-state index in [-0.39, 0.29) is 23.5 Å². The van der Waals surface area contributed by atoms with E-state index in [9.17, 15) is 13.2 Å². The van der Waals surface area contributed by atoms with E-state index in [1.54, 1.807) is 18.1 Å². The van der Waals surface area contributed by atoms with Crippen LogP contribution < -0.4 is 9.47 Å². The molecule has 2 aromatic carbocycles. The van der Waals surface area contributed by atoms with E-state index in [0.29, 0.717) is 19.6 Å². The van der Waals surface area contributed by atoms with E-state index in [4.69, 9.17) is 9.47 Å². The zero-order chi connectivity index (χ0) is 21.6. The van der Waals surface area contributed by atoms with Gasteiger partial charge in [-0.15, -0.1) is 0 Å². The Kier molecular flexibility index (Phi) is 7.15. The molecule has 0 saturated carbocycles. The van der Waals surface area contributed by atoms with Crippen LogP contribution in [0.4, 0.5) is 0 Å². The van der Waals surface area contributed by atoms with Gasteiger partial charge in [-0.25, -0.2) is 8.42 Å². The fourth-order valence-corrected chi connectivity index (χ4v) is 5.17. The zero-order valence-corrected chi connectivity index (χ0v) is 18.1. The van der Waals surface area contributed by atoms with Gasteiger partial charge in [0.15, 0.2) is 9.84 Å². The monoisotopic (exact) mass is 429 g/mol. The average molecular weight is 430 g/mol. The number of carbonyl (C=O) groups is 1. The first-order chi connectivity index (χ1) is 14.4. The first-order valence-electron chi connectivity index (χ1n) is 9.95. The summed E-state index contributed by atoms with van der Waals surface area (Å²) < 4.78 is 34.6. The number of amides is 1. The van der Waals surface area contributed by atoms with Crippen LogP contribution in [0.2, 0.25) is 0 Å². The zero-order valence-electron chi connectivity index (χ0n) is 17.3. The molecule has 160 valence electrons. The van der Waals surface area contributed by atoms with Gasteiger partial charge in [-0.05, 0) is 54.8 Å². The van der Waals surface area contributed by atoms with Crippen LogP contribution in [-0.4, -0.2) is 50.5 Å².